The van der Waals surface area contributed by atoms with E-state index in [1.807, 2.05) is 6.92 Å². The summed E-state index contributed by atoms with van der Waals surface area (Å²) in [6, 6.07) is 2.39. The number of hydrogen-bond donors (Lipinski definition) is 2. The van der Waals surface area contributed by atoms with E-state index >= 15 is 0 Å². The average Bonchev–Trinajstić information content (AvgIpc) is 3.08. The van der Waals surface area contributed by atoms with Gasteiger partial charge in [0.2, 0.25) is 0 Å². The van der Waals surface area contributed by atoms with Crippen LogP contribution in [-0.2, 0) is 0 Å². The van der Waals surface area contributed by atoms with Crippen molar-refractivity contribution in [3.8, 4) is 0 Å². The molecule has 0 heterocycles. The Morgan fingerprint density at radius 3 is 2.67 bits per heavy atom. The monoisotopic (exact) mass is 255 g/mol. The molecule has 0 amide bonds. The van der Waals surface area contributed by atoms with Crippen molar-refractivity contribution in [1.82, 2.24) is 0 Å². The molecule has 98 valence electrons. The lowest BCUT2D eigenvalue weighted by Crippen LogP contribution is -2.17. The topological polar surface area (TPSA) is 49.3 Å². The largest absolute Gasteiger partial charge is 0.478 e. The maximum absolute atomic E-state index is 13.6. The summed E-state index contributed by atoms with van der Waals surface area (Å²) < 4.78 is 27.1. The third kappa shape index (κ3) is 2.78. The molecule has 1 aliphatic carbocycles. The summed E-state index contributed by atoms with van der Waals surface area (Å²) in [6.07, 6.45) is 3.31. The van der Waals surface area contributed by atoms with Crippen LogP contribution in [0.1, 0.15) is 36.5 Å². The molecule has 0 radical (unpaired) electrons. The molecule has 0 spiro atoms. The first-order valence-corrected chi connectivity index (χ1v) is 5.97. The molecular formula is C13H15F2NO2. The van der Waals surface area contributed by atoms with Crippen LogP contribution in [0.3, 0.4) is 0 Å². The number of nitrogens with one attached hydrogen (secondary N) is 1. The molecule has 18 heavy (non-hydrogen) atoms. The van der Waals surface area contributed by atoms with Crippen LogP contribution in [0.15, 0.2) is 12.1 Å². The maximum Gasteiger partial charge on any atom is 0.338 e. The molecule has 1 fully saturated rings. The van der Waals surface area contributed by atoms with Gasteiger partial charge in [0.25, 0.3) is 0 Å². The minimum atomic E-state index is -1.47. The van der Waals surface area contributed by atoms with Gasteiger partial charge in [-0.15, -0.1) is 0 Å². The minimum Gasteiger partial charge on any atom is -0.478 e. The number of benzene rings is 1. The highest BCUT2D eigenvalue weighted by Gasteiger charge is 2.24. The van der Waals surface area contributed by atoms with Gasteiger partial charge in [-0.25, -0.2) is 13.6 Å². The van der Waals surface area contributed by atoms with Crippen LogP contribution in [-0.4, -0.2) is 17.1 Å². The second-order valence-corrected chi connectivity index (χ2v) is 4.82. The highest BCUT2D eigenvalue weighted by Crippen LogP contribution is 2.34. The van der Waals surface area contributed by atoms with Gasteiger partial charge >= 0.3 is 5.97 Å². The van der Waals surface area contributed by atoms with Crippen molar-refractivity contribution >= 4 is 11.7 Å². The summed E-state index contributed by atoms with van der Waals surface area (Å²) in [5.74, 6) is -3.23. The summed E-state index contributed by atoms with van der Waals surface area (Å²) in [7, 11) is 0. The number of halogens is 2. The van der Waals surface area contributed by atoms with Crippen LogP contribution < -0.4 is 5.32 Å². The summed E-state index contributed by atoms with van der Waals surface area (Å²) in [5, 5.41) is 11.5. The minimum absolute atomic E-state index is 0.0191. The van der Waals surface area contributed by atoms with Crippen LogP contribution in [0.4, 0.5) is 14.5 Å². The van der Waals surface area contributed by atoms with Crippen molar-refractivity contribution in [2.75, 3.05) is 5.32 Å². The maximum atomic E-state index is 13.6. The van der Waals surface area contributed by atoms with Crippen LogP contribution in [0, 0.1) is 17.6 Å². The molecule has 1 aliphatic rings. The third-order valence-electron chi connectivity index (χ3n) is 3.10. The number of carboxylic acid groups (broad SMARTS) is 1. The zero-order chi connectivity index (χ0) is 13.3. The van der Waals surface area contributed by atoms with Gasteiger partial charge in [0.05, 0.1) is 11.3 Å². The molecule has 0 aromatic heterocycles. The Labute approximate surface area is 104 Å². The smallest absolute Gasteiger partial charge is 0.338 e. The zero-order valence-corrected chi connectivity index (χ0v) is 10.0. The molecule has 2 rings (SSSR count). The van der Waals surface area contributed by atoms with E-state index in [-0.39, 0.29) is 11.7 Å². The Morgan fingerprint density at radius 1 is 1.44 bits per heavy atom. The predicted octanol–water partition coefficient (Wildman–Crippen LogP) is 3.26. The summed E-state index contributed by atoms with van der Waals surface area (Å²) in [6.45, 7) is 1.90. The Balaban J connectivity index is 2.13. The highest BCUT2D eigenvalue weighted by molar-refractivity contribution is 5.88. The van der Waals surface area contributed by atoms with E-state index < -0.39 is 23.2 Å². The van der Waals surface area contributed by atoms with Gasteiger partial charge in [-0.1, -0.05) is 12.8 Å². The third-order valence-corrected chi connectivity index (χ3v) is 3.10. The Morgan fingerprint density at radius 2 is 2.11 bits per heavy atom. The van der Waals surface area contributed by atoms with Gasteiger partial charge in [-0.3, -0.25) is 0 Å². The van der Waals surface area contributed by atoms with Crippen molar-refractivity contribution in [2.45, 2.75) is 32.2 Å². The average molecular weight is 255 g/mol. The predicted molar refractivity (Wildman–Crippen MR) is 63.7 cm³/mol. The van der Waals surface area contributed by atoms with Crippen molar-refractivity contribution in [1.29, 1.82) is 0 Å². The molecule has 3 nitrogen and oxygen atoms in total. The lowest BCUT2D eigenvalue weighted by atomic mass is 10.1. The summed E-state index contributed by atoms with van der Waals surface area (Å²) in [5.41, 5.74) is -0.626. The molecule has 1 saturated carbocycles. The number of hydrogen-bond acceptors (Lipinski definition) is 2. The zero-order valence-electron chi connectivity index (χ0n) is 10.0. The molecule has 1 atom stereocenters. The highest BCUT2D eigenvalue weighted by atomic mass is 19.2. The van der Waals surface area contributed by atoms with E-state index in [9.17, 15) is 13.6 Å². The van der Waals surface area contributed by atoms with Crippen molar-refractivity contribution in [2.24, 2.45) is 5.92 Å². The Bertz CT molecular complexity index is 472. The van der Waals surface area contributed by atoms with Crippen LogP contribution >= 0.6 is 0 Å². The molecule has 1 aromatic rings. The quantitative estimate of drug-likeness (QED) is 0.849. The first-order valence-electron chi connectivity index (χ1n) is 5.97. The van der Waals surface area contributed by atoms with Crippen molar-refractivity contribution in [3.05, 3.63) is 29.3 Å². The Kier molecular flexibility index (Phi) is 3.50. The van der Waals surface area contributed by atoms with Gasteiger partial charge in [0.1, 0.15) is 0 Å². The van der Waals surface area contributed by atoms with E-state index in [1.165, 1.54) is 18.9 Å². The first-order chi connectivity index (χ1) is 8.49. The molecule has 0 saturated heterocycles. The SMILES string of the molecule is CC(CC1CC1)Nc1ccc(C(=O)O)c(F)c1F. The summed E-state index contributed by atoms with van der Waals surface area (Å²) >= 11 is 0. The number of anilines is 1. The van der Waals surface area contributed by atoms with Crippen molar-refractivity contribution in [3.63, 3.8) is 0 Å². The molecule has 1 aromatic carbocycles. The lowest BCUT2D eigenvalue weighted by molar-refractivity contribution is 0.0690. The van der Waals surface area contributed by atoms with Crippen LogP contribution in [0.2, 0.25) is 0 Å². The van der Waals surface area contributed by atoms with E-state index in [1.54, 1.807) is 0 Å². The fraction of sp³-hybridized carbons (Fsp3) is 0.462. The molecule has 0 aliphatic heterocycles. The van der Waals surface area contributed by atoms with Crippen LogP contribution in [0.25, 0.3) is 0 Å². The second-order valence-electron chi connectivity index (χ2n) is 4.82. The van der Waals surface area contributed by atoms with E-state index in [2.05, 4.69) is 5.32 Å². The van der Waals surface area contributed by atoms with Gasteiger partial charge in [-0.05, 0) is 31.4 Å². The lowest BCUT2D eigenvalue weighted by Gasteiger charge is -2.16. The van der Waals surface area contributed by atoms with E-state index in [4.69, 9.17) is 5.11 Å². The van der Waals surface area contributed by atoms with Gasteiger partial charge < -0.3 is 10.4 Å². The molecule has 1 unspecified atom stereocenters. The molecule has 0 bridgehead atoms. The molecular weight excluding hydrogens is 240 g/mol. The van der Waals surface area contributed by atoms with Gasteiger partial charge in [0.15, 0.2) is 11.6 Å². The van der Waals surface area contributed by atoms with Gasteiger partial charge in [0, 0.05) is 6.04 Å². The van der Waals surface area contributed by atoms with Gasteiger partial charge in [-0.2, -0.15) is 0 Å². The second kappa shape index (κ2) is 4.92. The first kappa shape index (κ1) is 12.8. The molecule has 5 heteroatoms. The van der Waals surface area contributed by atoms with Crippen LogP contribution in [0.5, 0.6) is 0 Å². The van der Waals surface area contributed by atoms with E-state index in [0.29, 0.717) is 5.92 Å². The summed E-state index contributed by atoms with van der Waals surface area (Å²) in [4.78, 5) is 10.6. The normalized spacial score (nSPS) is 16.4. The Hall–Kier alpha value is -1.65. The number of aromatic carboxylic acids is 1. The fourth-order valence-electron chi connectivity index (χ4n) is 2.00. The number of carbonyl (C=O) groups is 1. The standard InChI is InChI=1S/C13H15F2NO2/c1-7(6-8-2-3-8)16-10-5-4-9(13(17)18)11(14)12(10)15/h4-5,7-8,16H,2-3,6H2,1H3,(H,17,18). The fourth-order valence-corrected chi connectivity index (χ4v) is 2.00. The number of carboxylic acids is 1. The number of rotatable bonds is 5. The van der Waals surface area contributed by atoms with Crippen molar-refractivity contribution < 1.29 is 18.7 Å². The molecule has 2 N–H and O–H groups in total. The van der Waals surface area contributed by atoms with E-state index in [0.717, 1.165) is 12.5 Å².